The summed E-state index contributed by atoms with van der Waals surface area (Å²) in [6.45, 7) is 12.1. The van der Waals surface area contributed by atoms with Gasteiger partial charge in [0, 0.05) is 6.42 Å². The van der Waals surface area contributed by atoms with Gasteiger partial charge in [0.25, 0.3) is 0 Å². The van der Waals surface area contributed by atoms with E-state index in [0.29, 0.717) is 26.2 Å². The normalized spacial score (nSPS) is 22.6. The van der Waals surface area contributed by atoms with Crippen molar-refractivity contribution in [2.45, 2.75) is 58.5 Å². The maximum absolute atomic E-state index is 12.7. The first kappa shape index (κ1) is 23.0. The van der Waals surface area contributed by atoms with Gasteiger partial charge in [-0.25, -0.2) is 0 Å². The monoisotopic (exact) mass is 422 g/mol. The zero-order chi connectivity index (χ0) is 21.9. The molecule has 2 aliphatic heterocycles. The summed E-state index contributed by atoms with van der Waals surface area (Å²) >= 11 is 0. The third-order valence-electron chi connectivity index (χ3n) is 5.98. The molecule has 2 saturated heterocycles. The Morgan fingerprint density at radius 2 is 1.83 bits per heavy atom. The second kappa shape index (κ2) is 9.22. The molecule has 2 atom stereocenters. The molecule has 2 fully saturated rings. The van der Waals surface area contributed by atoms with Crippen molar-refractivity contribution in [1.29, 1.82) is 0 Å². The first-order valence-electron chi connectivity index (χ1n) is 10.5. The Balaban J connectivity index is 1.62. The Morgan fingerprint density at radius 1 is 1.20 bits per heavy atom. The van der Waals surface area contributed by atoms with Gasteiger partial charge in [0.15, 0.2) is 0 Å². The van der Waals surface area contributed by atoms with Gasteiger partial charge in [0.2, 0.25) is 0 Å². The van der Waals surface area contributed by atoms with Gasteiger partial charge in [-0.05, 0) is 36.0 Å². The van der Waals surface area contributed by atoms with Gasteiger partial charge >= 0.3 is 5.97 Å². The van der Waals surface area contributed by atoms with Crippen LogP contribution in [0.1, 0.15) is 56.7 Å². The second-order valence-electron chi connectivity index (χ2n) is 9.46. The number of hydrogen-bond acceptors (Lipinski definition) is 7. The molecule has 2 aliphatic rings. The molecule has 1 aromatic rings. The Bertz CT molecular complexity index is 738. The van der Waals surface area contributed by atoms with Crippen LogP contribution in [0, 0.1) is 12.3 Å². The maximum atomic E-state index is 12.7. The quantitative estimate of drug-likeness (QED) is 0.728. The number of aromatic hydroxyl groups is 1. The average molecular weight is 423 g/mol. The number of benzene rings is 1. The number of hydrogen-bond donors (Lipinski definition) is 1. The van der Waals surface area contributed by atoms with Crippen LogP contribution in [0.15, 0.2) is 12.1 Å². The van der Waals surface area contributed by atoms with E-state index >= 15 is 0 Å². The highest BCUT2D eigenvalue weighted by Gasteiger charge is 2.45. The fraction of sp³-hybridized carbons (Fsp3) is 0.696. The van der Waals surface area contributed by atoms with Crippen molar-refractivity contribution in [3.63, 3.8) is 0 Å². The van der Waals surface area contributed by atoms with E-state index in [1.165, 1.54) is 0 Å². The lowest BCUT2D eigenvalue weighted by Gasteiger charge is -2.44. The predicted molar refractivity (Wildman–Crippen MR) is 110 cm³/mol. The Morgan fingerprint density at radius 3 is 2.47 bits per heavy atom. The zero-order valence-corrected chi connectivity index (χ0v) is 18.7. The fourth-order valence-corrected chi connectivity index (χ4v) is 4.05. The van der Waals surface area contributed by atoms with Crippen LogP contribution < -0.4 is 0 Å². The standard InChI is InChI=1S/C23H34O7/c1-15-8-17(9-18(20(15)24)22(3,4)5)16(2)21(25)29-7-6-19-23(12-28-14-30-19)10-26-13-27-11-23/h8-9,16,19,24H,6-7,10-14H2,1-5H3. The minimum Gasteiger partial charge on any atom is -0.507 e. The number of carbonyl (C=O) groups excluding carboxylic acids is 1. The van der Waals surface area contributed by atoms with Gasteiger partial charge in [-0.15, -0.1) is 0 Å². The number of phenolic OH excluding ortho intramolecular Hbond substituents is 1. The van der Waals surface area contributed by atoms with Crippen molar-refractivity contribution >= 4 is 5.97 Å². The van der Waals surface area contributed by atoms with E-state index in [2.05, 4.69) is 0 Å². The topological polar surface area (TPSA) is 83.5 Å². The molecule has 7 heteroatoms. The van der Waals surface area contributed by atoms with Crippen LogP contribution >= 0.6 is 0 Å². The molecule has 0 radical (unpaired) electrons. The summed E-state index contributed by atoms with van der Waals surface area (Å²) in [5.41, 5.74) is 1.84. The lowest BCUT2D eigenvalue weighted by atomic mass is 9.81. The largest absolute Gasteiger partial charge is 0.507 e. The summed E-state index contributed by atoms with van der Waals surface area (Å²) in [6.07, 6.45) is 0.397. The number of esters is 1. The molecule has 0 bridgehead atoms. The summed E-state index contributed by atoms with van der Waals surface area (Å²) in [6, 6.07) is 3.76. The van der Waals surface area contributed by atoms with Crippen molar-refractivity contribution in [2.75, 3.05) is 40.0 Å². The molecule has 0 aromatic heterocycles. The molecule has 0 aliphatic carbocycles. The molecule has 1 aromatic carbocycles. The summed E-state index contributed by atoms with van der Waals surface area (Å²) in [4.78, 5) is 12.7. The average Bonchev–Trinajstić information content (AvgIpc) is 2.70. The Kier molecular flexibility index (Phi) is 7.07. The van der Waals surface area contributed by atoms with Gasteiger partial charge in [-0.2, -0.15) is 0 Å². The van der Waals surface area contributed by atoms with E-state index in [-0.39, 0.29) is 48.8 Å². The van der Waals surface area contributed by atoms with Crippen LogP contribution in [0.2, 0.25) is 0 Å². The molecule has 30 heavy (non-hydrogen) atoms. The van der Waals surface area contributed by atoms with Crippen LogP contribution in [0.4, 0.5) is 0 Å². The number of carbonyl (C=O) groups is 1. The predicted octanol–water partition coefficient (Wildman–Crippen LogP) is 3.40. The molecule has 2 heterocycles. The van der Waals surface area contributed by atoms with Crippen molar-refractivity contribution < 1.29 is 33.6 Å². The third kappa shape index (κ3) is 4.97. The molecular weight excluding hydrogens is 388 g/mol. The maximum Gasteiger partial charge on any atom is 0.313 e. The van der Waals surface area contributed by atoms with Gasteiger partial charge in [0.05, 0.1) is 43.9 Å². The van der Waals surface area contributed by atoms with E-state index < -0.39 is 5.92 Å². The number of rotatable bonds is 5. The van der Waals surface area contributed by atoms with Crippen molar-refractivity contribution in [3.8, 4) is 5.75 Å². The number of aryl methyl sites for hydroxylation is 1. The first-order chi connectivity index (χ1) is 14.1. The Labute approximate surface area is 178 Å². The lowest BCUT2D eigenvalue weighted by Crippen LogP contribution is -2.54. The van der Waals surface area contributed by atoms with E-state index in [1.54, 1.807) is 0 Å². The van der Waals surface area contributed by atoms with Gasteiger partial charge in [-0.3, -0.25) is 4.79 Å². The van der Waals surface area contributed by atoms with Gasteiger partial charge in [-0.1, -0.05) is 32.9 Å². The highest BCUT2D eigenvalue weighted by atomic mass is 16.7. The molecular formula is C23H34O7. The first-order valence-corrected chi connectivity index (χ1v) is 10.5. The van der Waals surface area contributed by atoms with Gasteiger partial charge < -0.3 is 28.8 Å². The summed E-state index contributed by atoms with van der Waals surface area (Å²) in [5.74, 6) is -0.445. The van der Waals surface area contributed by atoms with E-state index in [4.69, 9.17) is 23.7 Å². The summed E-state index contributed by atoms with van der Waals surface area (Å²) in [5, 5.41) is 10.4. The smallest absolute Gasteiger partial charge is 0.313 e. The third-order valence-corrected chi connectivity index (χ3v) is 5.98. The van der Waals surface area contributed by atoms with E-state index in [9.17, 15) is 9.90 Å². The van der Waals surface area contributed by atoms with Crippen molar-refractivity contribution in [2.24, 2.45) is 5.41 Å². The van der Waals surface area contributed by atoms with Gasteiger partial charge in [0.1, 0.15) is 19.3 Å². The minimum atomic E-state index is -0.434. The van der Waals surface area contributed by atoms with Crippen LogP contribution in [0.25, 0.3) is 0 Å². The SMILES string of the molecule is Cc1cc(C(C)C(=O)OCCC2OCOCC23COCOC3)cc(C(C)(C)C)c1O. The number of ether oxygens (including phenoxy) is 5. The molecule has 168 valence electrons. The van der Waals surface area contributed by atoms with Crippen LogP contribution in [0.3, 0.4) is 0 Å². The van der Waals surface area contributed by atoms with Crippen LogP contribution in [-0.2, 0) is 33.9 Å². The molecule has 7 nitrogen and oxygen atoms in total. The number of phenols is 1. The summed E-state index contributed by atoms with van der Waals surface area (Å²) in [7, 11) is 0. The highest BCUT2D eigenvalue weighted by Crippen LogP contribution is 2.37. The van der Waals surface area contributed by atoms with Crippen LogP contribution in [0.5, 0.6) is 5.75 Å². The Hall–Kier alpha value is -1.67. The zero-order valence-electron chi connectivity index (χ0n) is 18.7. The van der Waals surface area contributed by atoms with Crippen molar-refractivity contribution in [1.82, 2.24) is 0 Å². The van der Waals surface area contributed by atoms with E-state index in [1.807, 2.05) is 46.8 Å². The molecule has 1 spiro atoms. The molecule has 1 N–H and O–H groups in total. The molecule has 0 amide bonds. The lowest BCUT2D eigenvalue weighted by molar-refractivity contribution is -0.278. The molecule has 2 unspecified atom stereocenters. The fourth-order valence-electron chi connectivity index (χ4n) is 4.05. The van der Waals surface area contributed by atoms with Crippen LogP contribution in [-0.4, -0.2) is 57.2 Å². The molecule has 0 saturated carbocycles. The summed E-state index contributed by atoms with van der Waals surface area (Å²) < 4.78 is 27.8. The van der Waals surface area contributed by atoms with E-state index in [0.717, 1.165) is 16.7 Å². The minimum absolute atomic E-state index is 0.155. The molecule has 3 rings (SSSR count). The highest BCUT2D eigenvalue weighted by molar-refractivity contribution is 5.78. The second-order valence-corrected chi connectivity index (χ2v) is 9.46. The van der Waals surface area contributed by atoms with Crippen molar-refractivity contribution in [3.05, 3.63) is 28.8 Å².